The van der Waals surface area contributed by atoms with Gasteiger partial charge in [-0.05, 0) is 55.3 Å². The van der Waals surface area contributed by atoms with Crippen LogP contribution in [-0.4, -0.2) is 24.4 Å². The van der Waals surface area contributed by atoms with Crippen molar-refractivity contribution in [1.82, 2.24) is 0 Å². The molecular formula is C20H17ClN2O5S. The van der Waals surface area contributed by atoms with Gasteiger partial charge < -0.3 is 19.8 Å². The van der Waals surface area contributed by atoms with E-state index in [4.69, 9.17) is 20.8 Å². The number of amides is 2. The lowest BCUT2D eigenvalue weighted by Gasteiger charge is -2.08. The molecule has 0 saturated carbocycles. The second-order valence-corrected chi connectivity index (χ2v) is 7.62. The molecular weight excluding hydrogens is 416 g/mol. The molecule has 0 bridgehead atoms. The second kappa shape index (κ2) is 8.93. The van der Waals surface area contributed by atoms with Crippen molar-refractivity contribution in [3.8, 4) is 0 Å². The van der Waals surface area contributed by atoms with E-state index in [9.17, 15) is 14.4 Å². The van der Waals surface area contributed by atoms with Crippen LogP contribution in [-0.2, 0) is 9.53 Å². The number of furan rings is 1. The maximum atomic E-state index is 12.3. The average molecular weight is 433 g/mol. The van der Waals surface area contributed by atoms with Gasteiger partial charge in [0.15, 0.2) is 12.4 Å². The highest BCUT2D eigenvalue weighted by molar-refractivity contribution is 7.18. The van der Waals surface area contributed by atoms with Crippen molar-refractivity contribution in [3.63, 3.8) is 0 Å². The van der Waals surface area contributed by atoms with E-state index < -0.39 is 24.4 Å². The number of hydrogen-bond acceptors (Lipinski definition) is 6. The lowest BCUT2D eigenvalue weighted by molar-refractivity contribution is -0.119. The number of rotatable bonds is 6. The smallest absolute Gasteiger partial charge is 0.349 e. The maximum absolute atomic E-state index is 12.3. The number of anilines is 2. The molecule has 3 rings (SSSR count). The lowest BCUT2D eigenvalue weighted by Crippen LogP contribution is -2.21. The van der Waals surface area contributed by atoms with E-state index in [1.54, 1.807) is 37.3 Å². The molecule has 2 amide bonds. The molecule has 0 fully saturated rings. The molecule has 9 heteroatoms. The predicted molar refractivity (Wildman–Crippen MR) is 111 cm³/mol. The molecule has 0 spiro atoms. The molecule has 2 aromatic heterocycles. The Labute approximate surface area is 175 Å². The summed E-state index contributed by atoms with van der Waals surface area (Å²) in [7, 11) is 0. The van der Waals surface area contributed by atoms with Crippen molar-refractivity contribution in [2.24, 2.45) is 0 Å². The summed E-state index contributed by atoms with van der Waals surface area (Å²) in [6.07, 6.45) is 1.40. The highest BCUT2D eigenvalue weighted by Gasteiger charge is 2.19. The Morgan fingerprint density at radius 1 is 1.14 bits per heavy atom. The number of halogens is 1. The minimum Gasteiger partial charge on any atom is -0.459 e. The SMILES string of the molecule is Cc1ccc(NC(=O)COC(=O)c2sc(NC(=O)c3ccco3)cc2C)c(Cl)c1. The largest absolute Gasteiger partial charge is 0.459 e. The van der Waals surface area contributed by atoms with Crippen LogP contribution >= 0.6 is 22.9 Å². The number of benzene rings is 1. The molecule has 0 aliphatic rings. The molecule has 7 nitrogen and oxygen atoms in total. The first-order valence-electron chi connectivity index (χ1n) is 8.52. The molecule has 0 aliphatic carbocycles. The number of hydrogen-bond donors (Lipinski definition) is 2. The zero-order valence-corrected chi connectivity index (χ0v) is 17.1. The van der Waals surface area contributed by atoms with Gasteiger partial charge in [0.2, 0.25) is 0 Å². The number of ether oxygens (including phenoxy) is 1. The molecule has 3 aromatic rings. The van der Waals surface area contributed by atoms with Crippen LogP contribution < -0.4 is 10.6 Å². The summed E-state index contributed by atoms with van der Waals surface area (Å²) in [6, 6.07) is 9.98. The first kappa shape index (κ1) is 20.6. The third kappa shape index (κ3) is 5.24. The third-order valence-corrected chi connectivity index (χ3v) is 5.26. The van der Waals surface area contributed by atoms with Crippen molar-refractivity contribution < 1.29 is 23.5 Å². The minimum atomic E-state index is -0.656. The Bertz CT molecular complexity index is 1060. The van der Waals surface area contributed by atoms with Gasteiger partial charge in [-0.25, -0.2) is 4.79 Å². The van der Waals surface area contributed by atoms with Crippen LogP contribution in [0.1, 0.15) is 31.4 Å². The number of nitrogens with one attached hydrogen (secondary N) is 2. The van der Waals surface area contributed by atoms with Crippen molar-refractivity contribution in [2.75, 3.05) is 17.2 Å². The van der Waals surface area contributed by atoms with Crippen LogP contribution in [0.15, 0.2) is 47.1 Å². The lowest BCUT2D eigenvalue weighted by atomic mass is 10.2. The van der Waals surface area contributed by atoms with Gasteiger partial charge in [0.25, 0.3) is 11.8 Å². The Hall–Kier alpha value is -3.10. The van der Waals surface area contributed by atoms with E-state index in [1.807, 2.05) is 6.92 Å². The van der Waals surface area contributed by atoms with Gasteiger partial charge in [0, 0.05) is 0 Å². The van der Waals surface area contributed by atoms with Gasteiger partial charge in [-0.1, -0.05) is 17.7 Å². The second-order valence-electron chi connectivity index (χ2n) is 6.16. The molecule has 1 aromatic carbocycles. The molecule has 2 N–H and O–H groups in total. The Kier molecular flexibility index (Phi) is 6.36. The standard InChI is InChI=1S/C20H17ClN2O5S/c1-11-5-6-14(13(21)8-11)22-16(24)10-28-20(26)18-12(2)9-17(29-18)23-19(25)15-4-3-7-27-15/h3-9H,10H2,1-2H3,(H,22,24)(H,23,25). The topological polar surface area (TPSA) is 97.6 Å². The van der Waals surface area contributed by atoms with E-state index in [-0.39, 0.29) is 5.76 Å². The van der Waals surface area contributed by atoms with E-state index in [2.05, 4.69) is 10.6 Å². The van der Waals surface area contributed by atoms with E-state index in [0.29, 0.717) is 26.2 Å². The summed E-state index contributed by atoms with van der Waals surface area (Å²) >= 11 is 7.12. The van der Waals surface area contributed by atoms with Crippen molar-refractivity contribution in [2.45, 2.75) is 13.8 Å². The number of aryl methyl sites for hydroxylation is 2. The predicted octanol–water partition coefficient (Wildman–Crippen LogP) is 4.66. The summed E-state index contributed by atoms with van der Waals surface area (Å²) in [5, 5.41) is 6.11. The summed E-state index contributed by atoms with van der Waals surface area (Å²) in [6.45, 7) is 3.13. The summed E-state index contributed by atoms with van der Waals surface area (Å²) in [5.74, 6) is -1.43. The summed E-state index contributed by atoms with van der Waals surface area (Å²) in [5.41, 5.74) is 2.02. The molecule has 0 atom stereocenters. The fourth-order valence-electron chi connectivity index (χ4n) is 2.43. The van der Waals surface area contributed by atoms with Crippen LogP contribution in [0.5, 0.6) is 0 Å². The number of thiophene rings is 1. The van der Waals surface area contributed by atoms with Crippen molar-refractivity contribution in [3.05, 3.63) is 69.4 Å². The van der Waals surface area contributed by atoms with Gasteiger partial charge in [-0.15, -0.1) is 11.3 Å². The molecule has 0 saturated heterocycles. The van der Waals surface area contributed by atoms with E-state index in [1.165, 1.54) is 12.3 Å². The monoisotopic (exact) mass is 432 g/mol. The summed E-state index contributed by atoms with van der Waals surface area (Å²) in [4.78, 5) is 36.7. The highest BCUT2D eigenvalue weighted by atomic mass is 35.5. The fraction of sp³-hybridized carbons (Fsp3) is 0.150. The average Bonchev–Trinajstić information content (AvgIpc) is 3.32. The Balaban J connectivity index is 1.57. The van der Waals surface area contributed by atoms with Gasteiger partial charge in [0.05, 0.1) is 22.0 Å². The third-order valence-electron chi connectivity index (χ3n) is 3.82. The van der Waals surface area contributed by atoms with E-state index >= 15 is 0 Å². The molecule has 0 radical (unpaired) electrons. The Morgan fingerprint density at radius 2 is 1.93 bits per heavy atom. The van der Waals surface area contributed by atoms with Crippen molar-refractivity contribution in [1.29, 1.82) is 0 Å². The van der Waals surface area contributed by atoms with Gasteiger partial charge in [0.1, 0.15) is 4.88 Å². The van der Waals surface area contributed by atoms with Gasteiger partial charge in [-0.2, -0.15) is 0 Å². The minimum absolute atomic E-state index is 0.159. The van der Waals surface area contributed by atoms with Crippen LogP contribution in [0, 0.1) is 13.8 Å². The van der Waals surface area contributed by atoms with E-state index in [0.717, 1.165) is 16.9 Å². The van der Waals surface area contributed by atoms with Gasteiger partial charge in [-0.3, -0.25) is 9.59 Å². The van der Waals surface area contributed by atoms with Crippen LogP contribution in [0.3, 0.4) is 0 Å². The Morgan fingerprint density at radius 3 is 2.62 bits per heavy atom. The number of esters is 1. The maximum Gasteiger partial charge on any atom is 0.349 e. The van der Waals surface area contributed by atoms with Crippen LogP contribution in [0.4, 0.5) is 10.7 Å². The fourth-order valence-corrected chi connectivity index (χ4v) is 3.68. The normalized spacial score (nSPS) is 10.4. The summed E-state index contributed by atoms with van der Waals surface area (Å²) < 4.78 is 10.1. The van der Waals surface area contributed by atoms with Crippen LogP contribution in [0.2, 0.25) is 5.02 Å². The molecule has 2 heterocycles. The van der Waals surface area contributed by atoms with Crippen LogP contribution in [0.25, 0.3) is 0 Å². The zero-order valence-electron chi connectivity index (χ0n) is 15.6. The zero-order chi connectivity index (χ0) is 21.0. The highest BCUT2D eigenvalue weighted by Crippen LogP contribution is 2.28. The molecule has 0 unspecified atom stereocenters. The van der Waals surface area contributed by atoms with Gasteiger partial charge >= 0.3 is 5.97 Å². The molecule has 29 heavy (non-hydrogen) atoms. The number of carbonyl (C=O) groups is 3. The quantitative estimate of drug-likeness (QED) is 0.552. The first-order valence-corrected chi connectivity index (χ1v) is 9.71. The molecule has 0 aliphatic heterocycles. The molecule has 150 valence electrons. The number of carbonyl (C=O) groups excluding carboxylic acids is 3. The van der Waals surface area contributed by atoms with Crippen molar-refractivity contribution >= 4 is 51.4 Å². The first-order chi connectivity index (χ1) is 13.8.